The van der Waals surface area contributed by atoms with E-state index in [0.29, 0.717) is 16.9 Å². The van der Waals surface area contributed by atoms with Gasteiger partial charge in [0.25, 0.3) is 0 Å². The van der Waals surface area contributed by atoms with Gasteiger partial charge in [0.2, 0.25) is 0 Å². The molecule has 1 saturated heterocycles. The smallest absolute Gasteiger partial charge is 0.0919 e. The van der Waals surface area contributed by atoms with Crippen molar-refractivity contribution in [3.8, 4) is 0 Å². The standard InChI is InChI=1S/C21H34O2/c1-13(22)18-5-6-19-17-4-3-14-11-21(12-23-21)10-8-15(14)16(17)7-9-20(18,19)2/h13-19,22H,3-12H2,1-2H3/t13-,14+,15?,16-,17-,18-,19+,20-,21?/m1/s1. The average Bonchev–Trinajstić information content (AvgIpc) is 3.16. The SMILES string of the molecule is C[C@@H](O)[C@H]1CC[C@H]2[C@@H]3CC[C@H]4CC5(CCC4[C@H]3CC[C@]12C)CO5. The highest BCUT2D eigenvalue weighted by atomic mass is 16.6. The van der Waals surface area contributed by atoms with Gasteiger partial charge in [-0.2, -0.15) is 0 Å². The van der Waals surface area contributed by atoms with E-state index < -0.39 is 0 Å². The average molecular weight is 319 g/mol. The van der Waals surface area contributed by atoms with Gasteiger partial charge in [-0.05, 0) is 106 Å². The fourth-order valence-electron chi connectivity index (χ4n) is 8.14. The fraction of sp³-hybridized carbons (Fsp3) is 1.00. The van der Waals surface area contributed by atoms with Gasteiger partial charge in [0.1, 0.15) is 0 Å². The van der Waals surface area contributed by atoms with Crippen LogP contribution >= 0.6 is 0 Å². The summed E-state index contributed by atoms with van der Waals surface area (Å²) in [5.74, 6) is 5.38. The molecule has 2 unspecified atom stereocenters. The number of epoxide rings is 1. The molecule has 0 aromatic heterocycles. The molecule has 5 fully saturated rings. The molecule has 2 heteroatoms. The summed E-state index contributed by atoms with van der Waals surface area (Å²) in [5, 5.41) is 10.3. The lowest BCUT2D eigenvalue weighted by atomic mass is 9.49. The van der Waals surface area contributed by atoms with Gasteiger partial charge in [0.05, 0.1) is 18.3 Å². The monoisotopic (exact) mass is 318 g/mol. The highest BCUT2D eigenvalue weighted by molar-refractivity contribution is 5.09. The van der Waals surface area contributed by atoms with Crippen LogP contribution in [0.5, 0.6) is 0 Å². The summed E-state index contributed by atoms with van der Waals surface area (Å²) in [4.78, 5) is 0. The molecule has 0 aromatic rings. The zero-order chi connectivity index (χ0) is 15.8. The summed E-state index contributed by atoms with van der Waals surface area (Å²) in [7, 11) is 0. The van der Waals surface area contributed by atoms with E-state index in [2.05, 4.69) is 6.92 Å². The van der Waals surface area contributed by atoms with Crippen LogP contribution in [0, 0.1) is 40.9 Å². The van der Waals surface area contributed by atoms with Crippen molar-refractivity contribution in [3.63, 3.8) is 0 Å². The van der Waals surface area contributed by atoms with E-state index in [9.17, 15) is 5.11 Å². The second-order valence-corrected chi connectivity index (χ2v) is 10.1. The topological polar surface area (TPSA) is 32.8 Å². The van der Waals surface area contributed by atoms with Crippen molar-refractivity contribution in [2.75, 3.05) is 6.61 Å². The van der Waals surface area contributed by atoms with Gasteiger partial charge in [0, 0.05) is 0 Å². The molecule has 2 nitrogen and oxygen atoms in total. The number of ether oxygens (including phenoxy) is 1. The molecule has 0 aromatic carbocycles. The third kappa shape index (κ3) is 2.13. The first kappa shape index (κ1) is 15.2. The van der Waals surface area contributed by atoms with Gasteiger partial charge < -0.3 is 9.84 Å². The van der Waals surface area contributed by atoms with E-state index in [1.54, 1.807) is 0 Å². The van der Waals surface area contributed by atoms with Crippen LogP contribution in [0.25, 0.3) is 0 Å². The minimum Gasteiger partial charge on any atom is -0.393 e. The van der Waals surface area contributed by atoms with E-state index >= 15 is 0 Å². The van der Waals surface area contributed by atoms with Crippen LogP contribution in [0.15, 0.2) is 0 Å². The lowest BCUT2D eigenvalue weighted by Gasteiger charge is -2.56. The molecular weight excluding hydrogens is 284 g/mol. The summed E-state index contributed by atoms with van der Waals surface area (Å²) in [6.45, 7) is 5.62. The van der Waals surface area contributed by atoms with Crippen LogP contribution < -0.4 is 0 Å². The van der Waals surface area contributed by atoms with E-state index in [-0.39, 0.29) is 6.10 Å². The maximum absolute atomic E-state index is 10.3. The number of fused-ring (bicyclic) bond motifs is 5. The summed E-state index contributed by atoms with van der Waals surface area (Å²) < 4.78 is 5.82. The van der Waals surface area contributed by atoms with Crippen LogP contribution in [0.2, 0.25) is 0 Å². The van der Waals surface area contributed by atoms with Gasteiger partial charge >= 0.3 is 0 Å². The molecule has 1 aliphatic heterocycles. The van der Waals surface area contributed by atoms with Crippen LogP contribution in [0.4, 0.5) is 0 Å². The van der Waals surface area contributed by atoms with Crippen LogP contribution in [0.1, 0.15) is 71.6 Å². The number of rotatable bonds is 1. The Labute approximate surface area is 141 Å². The zero-order valence-corrected chi connectivity index (χ0v) is 15.0. The van der Waals surface area contributed by atoms with Crippen molar-refractivity contribution in [2.45, 2.75) is 83.3 Å². The lowest BCUT2D eigenvalue weighted by Crippen LogP contribution is -2.50. The normalized spacial score (nSPS) is 59.1. The Morgan fingerprint density at radius 2 is 1.74 bits per heavy atom. The predicted molar refractivity (Wildman–Crippen MR) is 91.0 cm³/mol. The minimum absolute atomic E-state index is 0.112. The second kappa shape index (κ2) is 4.97. The van der Waals surface area contributed by atoms with Crippen LogP contribution in [-0.4, -0.2) is 23.4 Å². The quantitative estimate of drug-likeness (QED) is 0.727. The van der Waals surface area contributed by atoms with E-state index in [0.717, 1.165) is 36.2 Å². The first-order valence-electron chi connectivity index (χ1n) is 10.3. The van der Waals surface area contributed by atoms with E-state index in [4.69, 9.17) is 4.74 Å². The molecular formula is C21H34O2. The van der Waals surface area contributed by atoms with Gasteiger partial charge in [0.15, 0.2) is 0 Å². The molecule has 5 aliphatic rings. The Kier molecular flexibility index (Phi) is 3.29. The maximum atomic E-state index is 10.3. The molecule has 4 saturated carbocycles. The number of hydrogen-bond donors (Lipinski definition) is 1. The largest absolute Gasteiger partial charge is 0.393 e. The van der Waals surface area contributed by atoms with Gasteiger partial charge in [-0.3, -0.25) is 0 Å². The van der Waals surface area contributed by atoms with Crippen molar-refractivity contribution in [1.82, 2.24) is 0 Å². The molecule has 9 atom stereocenters. The molecule has 1 N–H and O–H groups in total. The third-order valence-corrected chi connectivity index (χ3v) is 9.29. The predicted octanol–water partition coefficient (Wildman–Crippen LogP) is 4.41. The molecule has 1 heterocycles. The van der Waals surface area contributed by atoms with Gasteiger partial charge in [-0.1, -0.05) is 6.92 Å². The Morgan fingerprint density at radius 3 is 2.48 bits per heavy atom. The Morgan fingerprint density at radius 1 is 0.957 bits per heavy atom. The van der Waals surface area contributed by atoms with Gasteiger partial charge in [-0.25, -0.2) is 0 Å². The van der Waals surface area contributed by atoms with Crippen molar-refractivity contribution >= 4 is 0 Å². The van der Waals surface area contributed by atoms with Crippen molar-refractivity contribution in [2.24, 2.45) is 40.9 Å². The van der Waals surface area contributed by atoms with Gasteiger partial charge in [-0.15, -0.1) is 0 Å². The Hall–Kier alpha value is -0.0800. The molecule has 23 heavy (non-hydrogen) atoms. The minimum atomic E-state index is -0.112. The molecule has 1 spiro atoms. The lowest BCUT2D eigenvalue weighted by molar-refractivity contribution is -0.0837. The first-order valence-corrected chi connectivity index (χ1v) is 10.3. The Balaban J connectivity index is 1.37. The summed E-state index contributed by atoms with van der Waals surface area (Å²) in [6.07, 6.45) is 12.4. The number of hydrogen-bond acceptors (Lipinski definition) is 2. The molecule has 130 valence electrons. The van der Waals surface area contributed by atoms with E-state index in [1.165, 1.54) is 57.8 Å². The zero-order valence-electron chi connectivity index (χ0n) is 15.0. The van der Waals surface area contributed by atoms with E-state index in [1.807, 2.05) is 6.92 Å². The van der Waals surface area contributed by atoms with Crippen molar-refractivity contribution in [3.05, 3.63) is 0 Å². The van der Waals surface area contributed by atoms with Crippen LogP contribution in [-0.2, 0) is 4.74 Å². The number of aliphatic hydroxyl groups excluding tert-OH is 1. The summed E-state index contributed by atoms with van der Waals surface area (Å²) in [6, 6.07) is 0. The van der Waals surface area contributed by atoms with Crippen LogP contribution in [0.3, 0.4) is 0 Å². The molecule has 0 amide bonds. The molecule has 0 radical (unpaired) electrons. The third-order valence-electron chi connectivity index (χ3n) is 9.29. The fourth-order valence-corrected chi connectivity index (χ4v) is 8.14. The summed E-state index contributed by atoms with van der Waals surface area (Å²) >= 11 is 0. The first-order chi connectivity index (χ1) is 11.0. The molecule has 4 aliphatic carbocycles. The Bertz CT molecular complexity index is 482. The molecule has 0 bridgehead atoms. The second-order valence-electron chi connectivity index (χ2n) is 10.1. The summed E-state index contributed by atoms with van der Waals surface area (Å²) in [5.41, 5.74) is 0.777. The van der Waals surface area contributed by atoms with Crippen molar-refractivity contribution in [1.29, 1.82) is 0 Å². The van der Waals surface area contributed by atoms with Crippen molar-refractivity contribution < 1.29 is 9.84 Å². The number of aliphatic hydroxyl groups is 1. The highest BCUT2D eigenvalue weighted by Gasteiger charge is 2.59. The highest BCUT2D eigenvalue weighted by Crippen LogP contribution is 2.65. The maximum Gasteiger partial charge on any atom is 0.0919 e. The molecule has 5 rings (SSSR count).